The summed E-state index contributed by atoms with van der Waals surface area (Å²) in [6.45, 7) is 3.76. The molecule has 0 aliphatic carbocycles. The zero-order chi connectivity index (χ0) is 18.7. The van der Waals surface area contributed by atoms with Crippen molar-refractivity contribution in [2.75, 3.05) is 12.4 Å². The van der Waals surface area contributed by atoms with Gasteiger partial charge >= 0.3 is 0 Å². The van der Waals surface area contributed by atoms with E-state index in [1.54, 1.807) is 54.6 Å². The maximum Gasteiger partial charge on any atom is 0.291 e. The van der Waals surface area contributed by atoms with E-state index in [1.165, 1.54) is 6.26 Å². The van der Waals surface area contributed by atoms with Crippen molar-refractivity contribution in [3.63, 3.8) is 0 Å². The Morgan fingerprint density at radius 2 is 1.81 bits per heavy atom. The van der Waals surface area contributed by atoms with Crippen LogP contribution < -0.4 is 5.32 Å². The van der Waals surface area contributed by atoms with Crippen LogP contribution in [0.15, 0.2) is 63.8 Å². The summed E-state index contributed by atoms with van der Waals surface area (Å²) >= 11 is 0. The Balaban J connectivity index is 1.80. The Labute approximate surface area is 151 Å². The summed E-state index contributed by atoms with van der Waals surface area (Å²) in [5.74, 6) is 0.395. The van der Waals surface area contributed by atoms with Crippen molar-refractivity contribution in [3.05, 3.63) is 77.6 Å². The van der Waals surface area contributed by atoms with Crippen molar-refractivity contribution in [1.82, 2.24) is 4.90 Å². The molecular weight excluding hydrogens is 332 g/mol. The van der Waals surface area contributed by atoms with Crippen LogP contribution in [0, 0.1) is 6.92 Å². The Morgan fingerprint density at radius 1 is 1.08 bits per heavy atom. The van der Waals surface area contributed by atoms with Gasteiger partial charge in [0.2, 0.25) is 0 Å². The smallest absolute Gasteiger partial charge is 0.291 e. The third-order valence-electron chi connectivity index (χ3n) is 4.33. The number of carbonyl (C=O) groups excluding carboxylic acids is 2. The highest BCUT2D eigenvalue weighted by Crippen LogP contribution is 2.24. The molecule has 1 atom stereocenters. The van der Waals surface area contributed by atoms with Gasteiger partial charge in [0.05, 0.1) is 18.6 Å². The first-order valence-electron chi connectivity index (χ1n) is 8.23. The lowest BCUT2D eigenvalue weighted by Crippen LogP contribution is -2.29. The minimum absolute atomic E-state index is 0.164. The second-order valence-corrected chi connectivity index (χ2v) is 6.07. The average molecular weight is 352 g/mol. The lowest BCUT2D eigenvalue weighted by atomic mass is 10.1. The number of furan rings is 2. The lowest BCUT2D eigenvalue weighted by Gasteiger charge is -2.23. The van der Waals surface area contributed by atoms with Gasteiger partial charge in [-0.2, -0.15) is 0 Å². The van der Waals surface area contributed by atoms with Crippen LogP contribution in [-0.4, -0.2) is 23.8 Å². The lowest BCUT2D eigenvalue weighted by molar-refractivity contribution is 0.0726. The van der Waals surface area contributed by atoms with E-state index >= 15 is 0 Å². The molecular formula is C20H20N2O4. The van der Waals surface area contributed by atoms with Gasteiger partial charge < -0.3 is 19.1 Å². The van der Waals surface area contributed by atoms with Gasteiger partial charge in [0.25, 0.3) is 11.8 Å². The summed E-state index contributed by atoms with van der Waals surface area (Å²) in [7, 11) is 1.72. The summed E-state index contributed by atoms with van der Waals surface area (Å²) in [6.07, 6.45) is 3.02. The predicted octanol–water partition coefficient (Wildman–Crippen LogP) is 4.27. The van der Waals surface area contributed by atoms with E-state index in [2.05, 4.69) is 5.32 Å². The number of nitrogens with zero attached hydrogens (tertiary/aromatic N) is 1. The zero-order valence-corrected chi connectivity index (χ0v) is 14.9. The first kappa shape index (κ1) is 17.5. The van der Waals surface area contributed by atoms with Gasteiger partial charge in [0, 0.05) is 18.3 Å². The highest BCUT2D eigenvalue weighted by molar-refractivity contribution is 6.03. The third kappa shape index (κ3) is 3.54. The van der Waals surface area contributed by atoms with Crippen LogP contribution in [-0.2, 0) is 0 Å². The average Bonchev–Trinajstić information content (AvgIpc) is 3.35. The molecule has 2 amide bonds. The van der Waals surface area contributed by atoms with Crippen LogP contribution in [0.3, 0.4) is 0 Å². The Bertz CT molecular complexity index is 898. The Hall–Kier alpha value is -3.28. The van der Waals surface area contributed by atoms with Crippen molar-refractivity contribution in [3.8, 4) is 0 Å². The van der Waals surface area contributed by atoms with Crippen molar-refractivity contribution >= 4 is 17.5 Å². The number of hydrogen-bond acceptors (Lipinski definition) is 4. The van der Waals surface area contributed by atoms with Crippen LogP contribution in [0.25, 0.3) is 0 Å². The first-order chi connectivity index (χ1) is 12.5. The van der Waals surface area contributed by atoms with Crippen LogP contribution in [0.2, 0.25) is 0 Å². The van der Waals surface area contributed by atoms with Crippen molar-refractivity contribution in [2.24, 2.45) is 0 Å². The van der Waals surface area contributed by atoms with Gasteiger partial charge in [0.15, 0.2) is 5.76 Å². The molecule has 6 nitrogen and oxygen atoms in total. The van der Waals surface area contributed by atoms with Crippen LogP contribution in [0.4, 0.5) is 5.69 Å². The van der Waals surface area contributed by atoms with E-state index in [0.717, 1.165) is 5.56 Å². The molecule has 1 N–H and O–H groups in total. The normalized spacial score (nSPS) is 11.8. The molecule has 1 aromatic carbocycles. The van der Waals surface area contributed by atoms with Crippen molar-refractivity contribution in [2.45, 2.75) is 19.9 Å². The summed E-state index contributed by atoms with van der Waals surface area (Å²) in [5.41, 5.74) is 1.89. The number of amides is 2. The molecule has 0 saturated heterocycles. The molecule has 3 rings (SSSR count). The van der Waals surface area contributed by atoms with E-state index < -0.39 is 0 Å². The maximum absolute atomic E-state index is 12.8. The summed E-state index contributed by atoms with van der Waals surface area (Å²) < 4.78 is 10.5. The summed E-state index contributed by atoms with van der Waals surface area (Å²) in [5, 5.41) is 2.78. The molecule has 1 unspecified atom stereocenters. The molecule has 2 aromatic heterocycles. The monoisotopic (exact) mass is 352 g/mol. The van der Waals surface area contributed by atoms with Crippen molar-refractivity contribution in [1.29, 1.82) is 0 Å². The third-order valence-corrected chi connectivity index (χ3v) is 4.33. The number of nitrogens with one attached hydrogen (secondary N) is 1. The van der Waals surface area contributed by atoms with Crippen molar-refractivity contribution < 1.29 is 18.4 Å². The van der Waals surface area contributed by atoms with Gasteiger partial charge in [-0.15, -0.1) is 0 Å². The zero-order valence-electron chi connectivity index (χ0n) is 14.9. The second kappa shape index (κ2) is 7.31. The fourth-order valence-corrected chi connectivity index (χ4v) is 2.58. The molecule has 0 fully saturated rings. The Morgan fingerprint density at radius 3 is 2.46 bits per heavy atom. The predicted molar refractivity (Wildman–Crippen MR) is 97.1 cm³/mol. The molecule has 0 aliphatic heterocycles. The molecule has 0 aliphatic rings. The molecule has 134 valence electrons. The number of aryl methyl sites for hydroxylation is 1. The molecule has 0 saturated carbocycles. The minimum Gasteiger partial charge on any atom is -0.467 e. The standard InChI is InChI=1S/C20H20N2O4/c1-13-8-9-15(12-16(13)21-19(23)18-7-5-11-26-18)20(24)22(3)14(2)17-6-4-10-25-17/h4-12,14H,1-3H3,(H,21,23). The van der Waals surface area contributed by atoms with Crippen LogP contribution >= 0.6 is 0 Å². The minimum atomic E-state index is -0.361. The van der Waals surface area contributed by atoms with E-state index in [4.69, 9.17) is 8.83 Å². The highest BCUT2D eigenvalue weighted by Gasteiger charge is 2.21. The van der Waals surface area contributed by atoms with Gasteiger partial charge in [-0.1, -0.05) is 6.07 Å². The molecule has 6 heteroatoms. The number of carbonyl (C=O) groups is 2. The largest absolute Gasteiger partial charge is 0.467 e. The van der Waals surface area contributed by atoms with Crippen LogP contribution in [0.5, 0.6) is 0 Å². The number of rotatable bonds is 5. The van der Waals surface area contributed by atoms with Crippen LogP contribution in [0.1, 0.15) is 45.2 Å². The molecule has 2 heterocycles. The summed E-state index contributed by atoms with van der Waals surface area (Å²) in [6, 6.07) is 11.9. The van der Waals surface area contributed by atoms with Gasteiger partial charge in [0.1, 0.15) is 5.76 Å². The summed E-state index contributed by atoms with van der Waals surface area (Å²) in [4.78, 5) is 26.6. The topological polar surface area (TPSA) is 75.7 Å². The molecule has 0 bridgehead atoms. The maximum atomic E-state index is 12.8. The fraction of sp³-hybridized carbons (Fsp3) is 0.200. The van der Waals surface area contributed by atoms with Gasteiger partial charge in [-0.05, 0) is 55.8 Å². The number of benzene rings is 1. The van der Waals surface area contributed by atoms with Gasteiger partial charge in [-0.25, -0.2) is 0 Å². The highest BCUT2D eigenvalue weighted by atomic mass is 16.3. The van der Waals surface area contributed by atoms with E-state index in [9.17, 15) is 9.59 Å². The fourth-order valence-electron chi connectivity index (χ4n) is 2.58. The van der Waals surface area contributed by atoms with E-state index in [0.29, 0.717) is 17.0 Å². The second-order valence-electron chi connectivity index (χ2n) is 6.07. The Kier molecular flexibility index (Phi) is 4.93. The van der Waals surface area contributed by atoms with E-state index in [-0.39, 0.29) is 23.6 Å². The molecule has 26 heavy (non-hydrogen) atoms. The first-order valence-corrected chi connectivity index (χ1v) is 8.23. The number of anilines is 1. The molecule has 3 aromatic rings. The molecule has 0 radical (unpaired) electrons. The molecule has 0 spiro atoms. The van der Waals surface area contributed by atoms with E-state index in [1.807, 2.05) is 19.9 Å². The quantitative estimate of drug-likeness (QED) is 0.744. The number of hydrogen-bond donors (Lipinski definition) is 1. The van der Waals surface area contributed by atoms with Gasteiger partial charge in [-0.3, -0.25) is 9.59 Å². The SMILES string of the molecule is Cc1ccc(C(=O)N(C)C(C)c2ccco2)cc1NC(=O)c1ccco1.